The molecule has 0 radical (unpaired) electrons. The summed E-state index contributed by atoms with van der Waals surface area (Å²) in [6.45, 7) is 2.13. The SMILES string of the molecule is CC(Nc1nnc(-c2ccccn2)s1)c1ccc2ccccc2c1. The second kappa shape index (κ2) is 6.37. The van der Waals surface area contributed by atoms with Gasteiger partial charge in [0.2, 0.25) is 5.13 Å². The predicted molar refractivity (Wildman–Crippen MR) is 99.1 cm³/mol. The molecule has 0 saturated heterocycles. The summed E-state index contributed by atoms with van der Waals surface area (Å²) in [5.41, 5.74) is 2.07. The number of hydrogen-bond acceptors (Lipinski definition) is 5. The van der Waals surface area contributed by atoms with Crippen molar-refractivity contribution in [2.45, 2.75) is 13.0 Å². The van der Waals surface area contributed by atoms with Crippen LogP contribution in [0.2, 0.25) is 0 Å². The highest BCUT2D eigenvalue weighted by Crippen LogP contribution is 2.28. The van der Waals surface area contributed by atoms with Gasteiger partial charge >= 0.3 is 0 Å². The Bertz CT molecular complexity index is 965. The summed E-state index contributed by atoms with van der Waals surface area (Å²) in [4.78, 5) is 4.31. The molecule has 2 heterocycles. The molecular weight excluding hydrogens is 316 g/mol. The number of benzene rings is 2. The first-order valence-electron chi connectivity index (χ1n) is 7.80. The molecule has 0 amide bonds. The summed E-state index contributed by atoms with van der Waals surface area (Å²) in [5, 5.41) is 16.0. The van der Waals surface area contributed by atoms with Gasteiger partial charge in [-0.1, -0.05) is 53.8 Å². The van der Waals surface area contributed by atoms with E-state index in [1.165, 1.54) is 27.7 Å². The average molecular weight is 332 g/mol. The van der Waals surface area contributed by atoms with E-state index in [1.54, 1.807) is 6.20 Å². The predicted octanol–water partition coefficient (Wildman–Crippen LogP) is 4.93. The minimum Gasteiger partial charge on any atom is -0.354 e. The summed E-state index contributed by atoms with van der Waals surface area (Å²) in [7, 11) is 0. The quantitative estimate of drug-likeness (QED) is 0.576. The highest BCUT2D eigenvalue weighted by molar-refractivity contribution is 7.18. The fraction of sp³-hybridized carbons (Fsp3) is 0.105. The van der Waals surface area contributed by atoms with E-state index in [9.17, 15) is 0 Å². The van der Waals surface area contributed by atoms with Gasteiger partial charge in [-0.2, -0.15) is 0 Å². The van der Waals surface area contributed by atoms with E-state index in [0.717, 1.165) is 15.8 Å². The maximum absolute atomic E-state index is 4.31. The molecule has 5 heteroatoms. The number of fused-ring (bicyclic) bond motifs is 1. The van der Waals surface area contributed by atoms with Crippen LogP contribution in [0.25, 0.3) is 21.5 Å². The van der Waals surface area contributed by atoms with Gasteiger partial charge in [0.05, 0.1) is 6.04 Å². The molecule has 2 aromatic carbocycles. The van der Waals surface area contributed by atoms with Gasteiger partial charge in [0.25, 0.3) is 0 Å². The van der Waals surface area contributed by atoms with Crippen LogP contribution in [0.3, 0.4) is 0 Å². The molecule has 1 N–H and O–H groups in total. The van der Waals surface area contributed by atoms with E-state index in [4.69, 9.17) is 0 Å². The van der Waals surface area contributed by atoms with Crippen LogP contribution in [0.15, 0.2) is 66.9 Å². The van der Waals surface area contributed by atoms with Gasteiger partial charge in [-0.25, -0.2) is 0 Å². The number of nitrogens with one attached hydrogen (secondary N) is 1. The maximum atomic E-state index is 4.31. The van der Waals surface area contributed by atoms with Crippen LogP contribution in [0, 0.1) is 0 Å². The van der Waals surface area contributed by atoms with Gasteiger partial charge in [0.1, 0.15) is 5.69 Å². The van der Waals surface area contributed by atoms with E-state index in [1.807, 2.05) is 18.2 Å². The molecule has 4 nitrogen and oxygen atoms in total. The van der Waals surface area contributed by atoms with Gasteiger partial charge in [0.15, 0.2) is 5.01 Å². The second-order valence-electron chi connectivity index (χ2n) is 5.60. The maximum Gasteiger partial charge on any atom is 0.206 e. The Hall–Kier alpha value is -2.79. The molecule has 24 heavy (non-hydrogen) atoms. The Balaban J connectivity index is 1.55. The van der Waals surface area contributed by atoms with Crippen LogP contribution < -0.4 is 5.32 Å². The van der Waals surface area contributed by atoms with Crippen LogP contribution >= 0.6 is 11.3 Å². The van der Waals surface area contributed by atoms with E-state index in [2.05, 4.69) is 69.9 Å². The molecule has 118 valence electrons. The number of rotatable bonds is 4. The Labute approximate surface area is 144 Å². The molecule has 0 bridgehead atoms. The fourth-order valence-electron chi connectivity index (χ4n) is 2.62. The lowest BCUT2D eigenvalue weighted by atomic mass is 10.0. The zero-order chi connectivity index (χ0) is 16.4. The smallest absolute Gasteiger partial charge is 0.206 e. The Morgan fingerprint density at radius 2 is 1.75 bits per heavy atom. The molecule has 1 atom stereocenters. The molecule has 4 rings (SSSR count). The number of hydrogen-bond donors (Lipinski definition) is 1. The largest absolute Gasteiger partial charge is 0.354 e. The number of nitrogens with zero attached hydrogens (tertiary/aromatic N) is 3. The topological polar surface area (TPSA) is 50.7 Å². The lowest BCUT2D eigenvalue weighted by Gasteiger charge is -2.13. The van der Waals surface area contributed by atoms with Crippen molar-refractivity contribution in [2.75, 3.05) is 5.32 Å². The van der Waals surface area contributed by atoms with Crippen molar-refractivity contribution >= 4 is 27.2 Å². The molecule has 0 fully saturated rings. The first kappa shape index (κ1) is 14.8. The lowest BCUT2D eigenvalue weighted by molar-refractivity contribution is 0.875. The normalized spacial score (nSPS) is 12.2. The van der Waals surface area contributed by atoms with Gasteiger partial charge in [-0.15, -0.1) is 10.2 Å². The van der Waals surface area contributed by atoms with Crippen LogP contribution in [0.5, 0.6) is 0 Å². The second-order valence-corrected chi connectivity index (χ2v) is 6.58. The molecule has 0 aliphatic carbocycles. The van der Waals surface area contributed by atoms with Crippen molar-refractivity contribution in [3.8, 4) is 10.7 Å². The van der Waals surface area contributed by atoms with Crippen molar-refractivity contribution in [2.24, 2.45) is 0 Å². The Morgan fingerprint density at radius 3 is 2.58 bits per heavy atom. The third-order valence-electron chi connectivity index (χ3n) is 3.92. The first-order valence-corrected chi connectivity index (χ1v) is 8.61. The highest BCUT2D eigenvalue weighted by Gasteiger charge is 2.11. The third-order valence-corrected chi connectivity index (χ3v) is 4.80. The number of anilines is 1. The van der Waals surface area contributed by atoms with Crippen LogP contribution in [-0.4, -0.2) is 15.2 Å². The molecule has 2 aromatic heterocycles. The summed E-state index contributed by atoms with van der Waals surface area (Å²) in [6, 6.07) is 20.8. The Kier molecular flexibility index (Phi) is 3.92. The van der Waals surface area contributed by atoms with Gasteiger partial charge in [-0.3, -0.25) is 4.98 Å². The van der Waals surface area contributed by atoms with Gasteiger partial charge in [0, 0.05) is 6.20 Å². The monoisotopic (exact) mass is 332 g/mol. The lowest BCUT2D eigenvalue weighted by Crippen LogP contribution is -2.06. The summed E-state index contributed by atoms with van der Waals surface area (Å²) >= 11 is 1.52. The van der Waals surface area contributed by atoms with Crippen LogP contribution in [-0.2, 0) is 0 Å². The summed E-state index contributed by atoms with van der Waals surface area (Å²) < 4.78 is 0. The van der Waals surface area contributed by atoms with Crippen molar-refractivity contribution in [3.63, 3.8) is 0 Å². The van der Waals surface area contributed by atoms with Crippen molar-refractivity contribution in [1.82, 2.24) is 15.2 Å². The van der Waals surface area contributed by atoms with E-state index in [-0.39, 0.29) is 6.04 Å². The van der Waals surface area contributed by atoms with E-state index >= 15 is 0 Å². The molecule has 1 unspecified atom stereocenters. The molecule has 0 saturated carbocycles. The summed E-state index contributed by atoms with van der Waals surface area (Å²) in [5.74, 6) is 0. The zero-order valence-corrected chi connectivity index (χ0v) is 14.0. The number of aromatic nitrogens is 3. The van der Waals surface area contributed by atoms with E-state index < -0.39 is 0 Å². The standard InChI is InChI=1S/C19H16N4S/c1-13(15-10-9-14-6-2-3-7-16(14)12-15)21-19-23-22-18(24-19)17-8-4-5-11-20-17/h2-13H,1H3,(H,21,23). The summed E-state index contributed by atoms with van der Waals surface area (Å²) in [6.07, 6.45) is 1.77. The molecule has 0 aliphatic rings. The molecule has 0 spiro atoms. The Morgan fingerprint density at radius 1 is 0.917 bits per heavy atom. The minimum atomic E-state index is 0.152. The minimum absolute atomic E-state index is 0.152. The van der Waals surface area contributed by atoms with E-state index in [0.29, 0.717) is 0 Å². The van der Waals surface area contributed by atoms with Crippen molar-refractivity contribution in [1.29, 1.82) is 0 Å². The third kappa shape index (κ3) is 2.98. The van der Waals surface area contributed by atoms with Gasteiger partial charge < -0.3 is 5.32 Å². The van der Waals surface area contributed by atoms with Crippen molar-refractivity contribution < 1.29 is 0 Å². The molecule has 0 aliphatic heterocycles. The van der Waals surface area contributed by atoms with Crippen LogP contribution in [0.4, 0.5) is 5.13 Å². The van der Waals surface area contributed by atoms with Gasteiger partial charge in [-0.05, 0) is 41.5 Å². The average Bonchev–Trinajstić information content (AvgIpc) is 3.10. The molecular formula is C19H16N4S. The zero-order valence-electron chi connectivity index (χ0n) is 13.2. The number of pyridine rings is 1. The highest BCUT2D eigenvalue weighted by atomic mass is 32.1. The molecule has 4 aromatic rings. The fourth-order valence-corrected chi connectivity index (χ4v) is 3.43. The first-order chi connectivity index (χ1) is 11.8. The van der Waals surface area contributed by atoms with Crippen LogP contribution in [0.1, 0.15) is 18.5 Å². The van der Waals surface area contributed by atoms with Crippen molar-refractivity contribution in [3.05, 3.63) is 72.4 Å².